The van der Waals surface area contributed by atoms with E-state index in [0.29, 0.717) is 33.0 Å². The van der Waals surface area contributed by atoms with Gasteiger partial charge in [-0.1, -0.05) is 12.1 Å². The molecule has 0 aliphatic carbocycles. The second-order valence-corrected chi connectivity index (χ2v) is 7.51. The number of aliphatic imine (C=N–C) groups is 1. The number of guanidine groups is 1. The third-order valence-corrected chi connectivity index (χ3v) is 5.37. The molecule has 30 heavy (non-hydrogen) atoms. The smallest absolute Gasteiger partial charge is 0.191 e. The zero-order valence-electron chi connectivity index (χ0n) is 17.7. The number of ether oxygens (including phenoxy) is 2. The van der Waals surface area contributed by atoms with Crippen LogP contribution in [-0.4, -0.2) is 45.4 Å². The minimum absolute atomic E-state index is 0.125. The molecule has 2 heterocycles. The van der Waals surface area contributed by atoms with Gasteiger partial charge in [-0.15, -0.1) is 0 Å². The largest absolute Gasteiger partial charge is 0.467 e. The van der Waals surface area contributed by atoms with Gasteiger partial charge in [-0.05, 0) is 56.0 Å². The average molecular weight is 418 g/mol. The quantitative estimate of drug-likeness (QED) is 0.351. The van der Waals surface area contributed by atoms with Gasteiger partial charge >= 0.3 is 0 Å². The van der Waals surface area contributed by atoms with Gasteiger partial charge in [0.1, 0.15) is 18.2 Å². The van der Waals surface area contributed by atoms with Gasteiger partial charge in [-0.25, -0.2) is 4.39 Å². The van der Waals surface area contributed by atoms with Crippen LogP contribution >= 0.6 is 0 Å². The summed E-state index contributed by atoms with van der Waals surface area (Å²) in [6, 6.07) is 10.6. The molecule has 6 nitrogen and oxygen atoms in total. The van der Waals surface area contributed by atoms with Crippen LogP contribution in [0.4, 0.5) is 4.39 Å². The molecule has 0 bridgehead atoms. The average Bonchev–Trinajstić information content (AvgIpc) is 3.29. The Morgan fingerprint density at radius 2 is 1.97 bits per heavy atom. The molecular formula is C23H32FN3O3. The SMILES string of the molecule is CCNC(=NCC1(c2ccc(F)cc2)CCOCC1)NCCCOCc1ccco1. The van der Waals surface area contributed by atoms with E-state index in [1.807, 2.05) is 31.2 Å². The van der Waals surface area contributed by atoms with Gasteiger partial charge in [-0.3, -0.25) is 4.99 Å². The fourth-order valence-corrected chi connectivity index (χ4v) is 3.62. The van der Waals surface area contributed by atoms with E-state index in [2.05, 4.69) is 10.6 Å². The van der Waals surface area contributed by atoms with E-state index in [1.165, 1.54) is 12.1 Å². The summed E-state index contributed by atoms with van der Waals surface area (Å²) in [5.41, 5.74) is 0.999. The highest BCUT2D eigenvalue weighted by Crippen LogP contribution is 2.35. The number of nitrogens with zero attached hydrogens (tertiary/aromatic N) is 1. The maximum atomic E-state index is 13.4. The van der Waals surface area contributed by atoms with E-state index in [4.69, 9.17) is 18.9 Å². The standard InChI is InChI=1S/C23H32FN3O3/c1-2-25-22(26-12-4-13-29-17-21-5-3-14-30-21)27-18-23(10-15-28-16-11-23)19-6-8-20(24)9-7-19/h3,5-9,14H,2,4,10-13,15-18H2,1H3,(H2,25,26,27). The number of hydrogen-bond donors (Lipinski definition) is 2. The predicted molar refractivity (Wildman–Crippen MR) is 115 cm³/mol. The van der Waals surface area contributed by atoms with Crippen molar-refractivity contribution in [2.45, 2.75) is 38.2 Å². The minimum atomic E-state index is -0.214. The number of halogens is 1. The van der Waals surface area contributed by atoms with Gasteiger partial charge < -0.3 is 24.5 Å². The van der Waals surface area contributed by atoms with Crippen molar-refractivity contribution in [3.63, 3.8) is 0 Å². The molecule has 1 aliphatic rings. The molecule has 1 saturated heterocycles. The van der Waals surface area contributed by atoms with Crippen LogP contribution in [0.15, 0.2) is 52.1 Å². The molecule has 1 aromatic carbocycles. The Balaban J connectivity index is 1.52. The van der Waals surface area contributed by atoms with Crippen LogP contribution in [0, 0.1) is 5.82 Å². The van der Waals surface area contributed by atoms with Crippen molar-refractivity contribution < 1.29 is 18.3 Å². The summed E-state index contributed by atoms with van der Waals surface area (Å²) in [6.45, 7) is 6.76. The van der Waals surface area contributed by atoms with Crippen LogP contribution in [0.5, 0.6) is 0 Å². The van der Waals surface area contributed by atoms with Gasteiger partial charge in [0.2, 0.25) is 0 Å². The van der Waals surface area contributed by atoms with E-state index in [9.17, 15) is 4.39 Å². The maximum absolute atomic E-state index is 13.4. The number of nitrogens with one attached hydrogen (secondary N) is 2. The molecule has 0 amide bonds. The molecule has 1 fully saturated rings. The first kappa shape index (κ1) is 22.3. The molecule has 3 rings (SSSR count). The zero-order valence-corrected chi connectivity index (χ0v) is 17.7. The van der Waals surface area contributed by atoms with E-state index >= 15 is 0 Å². The van der Waals surface area contributed by atoms with Crippen LogP contribution in [0.25, 0.3) is 0 Å². The first-order chi connectivity index (χ1) is 14.7. The van der Waals surface area contributed by atoms with Gasteiger partial charge in [0, 0.05) is 38.3 Å². The van der Waals surface area contributed by atoms with Crippen LogP contribution in [0.1, 0.15) is 37.5 Å². The van der Waals surface area contributed by atoms with Crippen molar-refractivity contribution in [1.82, 2.24) is 10.6 Å². The zero-order chi connectivity index (χ0) is 21.1. The van der Waals surface area contributed by atoms with Crippen molar-refractivity contribution in [2.24, 2.45) is 4.99 Å². The van der Waals surface area contributed by atoms with Gasteiger partial charge in [0.05, 0.1) is 12.8 Å². The molecule has 1 aromatic heterocycles. The number of hydrogen-bond acceptors (Lipinski definition) is 4. The van der Waals surface area contributed by atoms with Crippen molar-refractivity contribution in [3.05, 3.63) is 59.8 Å². The van der Waals surface area contributed by atoms with Crippen LogP contribution in [-0.2, 0) is 21.5 Å². The molecule has 0 saturated carbocycles. The Morgan fingerprint density at radius 3 is 2.67 bits per heavy atom. The maximum Gasteiger partial charge on any atom is 0.191 e. The van der Waals surface area contributed by atoms with E-state index in [-0.39, 0.29) is 11.2 Å². The Morgan fingerprint density at radius 1 is 1.17 bits per heavy atom. The van der Waals surface area contributed by atoms with Gasteiger partial charge in [-0.2, -0.15) is 0 Å². The summed E-state index contributed by atoms with van der Waals surface area (Å²) in [7, 11) is 0. The molecule has 0 spiro atoms. The fourth-order valence-electron chi connectivity index (χ4n) is 3.62. The molecule has 2 aromatic rings. The molecule has 1 aliphatic heterocycles. The normalized spacial score (nSPS) is 16.4. The number of furan rings is 1. The summed E-state index contributed by atoms with van der Waals surface area (Å²) < 4.78 is 29.9. The van der Waals surface area contributed by atoms with E-state index < -0.39 is 0 Å². The van der Waals surface area contributed by atoms with E-state index in [0.717, 1.165) is 49.6 Å². The molecule has 2 N–H and O–H groups in total. The highest BCUT2D eigenvalue weighted by Gasteiger charge is 2.34. The number of benzene rings is 1. The summed E-state index contributed by atoms with van der Waals surface area (Å²) in [5.74, 6) is 1.41. The van der Waals surface area contributed by atoms with Gasteiger partial charge in [0.25, 0.3) is 0 Å². The third kappa shape index (κ3) is 6.57. The summed E-state index contributed by atoms with van der Waals surface area (Å²) >= 11 is 0. The second kappa shape index (κ2) is 11.7. The van der Waals surface area contributed by atoms with E-state index in [1.54, 1.807) is 6.26 Å². The molecule has 0 atom stereocenters. The van der Waals surface area contributed by atoms with Crippen LogP contribution in [0.3, 0.4) is 0 Å². The second-order valence-electron chi connectivity index (χ2n) is 7.51. The molecule has 0 radical (unpaired) electrons. The molecule has 7 heteroatoms. The minimum Gasteiger partial charge on any atom is -0.467 e. The molecular weight excluding hydrogens is 385 g/mol. The summed E-state index contributed by atoms with van der Waals surface area (Å²) in [4.78, 5) is 4.86. The van der Waals surface area contributed by atoms with Gasteiger partial charge in [0.15, 0.2) is 5.96 Å². The lowest BCUT2D eigenvalue weighted by molar-refractivity contribution is 0.0531. The van der Waals surface area contributed by atoms with Crippen molar-refractivity contribution in [1.29, 1.82) is 0 Å². The first-order valence-corrected chi connectivity index (χ1v) is 10.7. The Hall–Kier alpha value is -2.38. The lowest BCUT2D eigenvalue weighted by atomic mass is 9.74. The van der Waals surface area contributed by atoms with Crippen LogP contribution in [0.2, 0.25) is 0 Å². The Bertz CT molecular complexity index is 757. The lowest BCUT2D eigenvalue weighted by Crippen LogP contribution is -2.41. The Labute approximate surface area is 177 Å². The summed E-state index contributed by atoms with van der Waals surface area (Å²) in [5, 5.41) is 6.68. The van der Waals surface area contributed by atoms with Crippen molar-refractivity contribution in [3.8, 4) is 0 Å². The molecule has 0 unspecified atom stereocenters. The lowest BCUT2D eigenvalue weighted by Gasteiger charge is -2.36. The van der Waals surface area contributed by atoms with Crippen molar-refractivity contribution in [2.75, 3.05) is 39.5 Å². The van der Waals surface area contributed by atoms with Crippen molar-refractivity contribution >= 4 is 5.96 Å². The van der Waals surface area contributed by atoms with Crippen LogP contribution < -0.4 is 10.6 Å². The predicted octanol–water partition coefficient (Wildman–Crippen LogP) is 3.63. The first-order valence-electron chi connectivity index (χ1n) is 10.7. The highest BCUT2D eigenvalue weighted by atomic mass is 19.1. The number of rotatable bonds is 10. The third-order valence-electron chi connectivity index (χ3n) is 5.37. The Kier molecular flexibility index (Phi) is 8.71. The monoisotopic (exact) mass is 417 g/mol. The molecule has 164 valence electrons. The summed E-state index contributed by atoms with van der Waals surface area (Å²) in [6.07, 6.45) is 4.27. The highest BCUT2D eigenvalue weighted by molar-refractivity contribution is 5.79. The topological polar surface area (TPSA) is 68.0 Å². The fraction of sp³-hybridized carbons (Fsp3) is 0.522.